The predicted octanol–water partition coefficient (Wildman–Crippen LogP) is 23.2. The topological polar surface area (TPSA) is 221 Å². The molecule has 28 heteroatoms. The third kappa shape index (κ3) is 34.3. The van der Waals surface area contributed by atoms with Crippen molar-refractivity contribution >= 4 is 168 Å². The third-order valence-electron chi connectivity index (χ3n) is 20.2. The van der Waals surface area contributed by atoms with E-state index in [1.165, 1.54) is 41.2 Å². The average Bonchev–Trinajstić information content (AvgIpc) is 1.65. The molecule has 0 saturated heterocycles. The number of aromatic nitrogens is 10. The maximum absolute atomic E-state index is 7.97. The van der Waals surface area contributed by atoms with Crippen LogP contribution in [0.1, 0.15) is 57.7 Å². The van der Waals surface area contributed by atoms with Gasteiger partial charge in [0.1, 0.15) is 61.2 Å². The molecule has 14 aromatic rings. The van der Waals surface area contributed by atoms with Crippen molar-refractivity contribution in [3.63, 3.8) is 0 Å². The SMILES string of the molecule is C[Si](C)(C)CCOCCl.C[Si](C)(C)CCOCn1ccc2cc3c(nc21)C=NC3.Cc1nc2[nH]ccc2cc1Br.Cc1nc2c(ccn2COCC[Si](C)(C)C)cc1Br.Cc1nc2c(ccn2COCC[Si](C)(C)C)cc1N.Cc1nc2c(ccn2COCC[Si](C)(C)C)cc1N=C(c1ccccc1)c1ccccc1.N=C(c1ccccc1)c1ccccc1.[H-].[Na+]. The molecule has 0 amide bonds. The summed E-state index contributed by atoms with van der Waals surface area (Å²) in [7, 11) is -5.00. The molecule has 10 aromatic heterocycles. The first-order chi connectivity index (χ1) is 58.9. The second kappa shape index (κ2) is 49.2. The van der Waals surface area contributed by atoms with Crippen LogP contribution in [-0.4, -0.2) is 145 Å². The molecular weight excluding hydrogens is 1800 g/mol. The number of aryl methyl sites for hydroxylation is 4. The van der Waals surface area contributed by atoms with Crippen LogP contribution >= 0.6 is 43.5 Å². The second-order valence-electron chi connectivity index (χ2n) is 37.1. The quantitative estimate of drug-likeness (QED) is 0.0173. The number of nitrogen functional groups attached to an aromatic ring is 1. The molecule has 660 valence electrons. The van der Waals surface area contributed by atoms with E-state index in [4.69, 9.17) is 56.4 Å². The molecule has 15 rings (SSSR count). The Hall–Kier alpha value is -7.73. The van der Waals surface area contributed by atoms with Gasteiger partial charge < -0.3 is 54.1 Å². The van der Waals surface area contributed by atoms with Gasteiger partial charge in [0.05, 0.1) is 57.8 Å². The van der Waals surface area contributed by atoms with Crippen molar-refractivity contribution in [3.05, 3.63) is 278 Å². The van der Waals surface area contributed by atoms with E-state index in [0.29, 0.717) is 38.7 Å². The number of aliphatic imine (C=N–C) groups is 2. The number of pyridine rings is 5. The van der Waals surface area contributed by atoms with Gasteiger partial charge in [-0.2, -0.15) is 0 Å². The zero-order chi connectivity index (χ0) is 89.8. The molecule has 1 aliphatic heterocycles. The monoisotopic (exact) mass is 1930 g/mol. The molecule has 0 radical (unpaired) electrons. The van der Waals surface area contributed by atoms with Crippen LogP contribution in [0.25, 0.3) is 55.2 Å². The van der Waals surface area contributed by atoms with Gasteiger partial charge in [-0.1, -0.05) is 231 Å². The summed E-state index contributed by atoms with van der Waals surface area (Å²) in [6.07, 6.45) is 11.9. The zero-order valence-electron chi connectivity index (χ0n) is 78.3. The van der Waals surface area contributed by atoms with E-state index in [9.17, 15) is 0 Å². The van der Waals surface area contributed by atoms with Crippen LogP contribution < -0.4 is 35.3 Å². The fourth-order valence-corrected chi connectivity index (χ4v) is 16.9. The Labute approximate surface area is 791 Å². The van der Waals surface area contributed by atoms with Crippen LogP contribution in [0.2, 0.25) is 128 Å². The number of nitrogens with zero attached hydrogens (tertiary/aromatic N) is 11. The van der Waals surface area contributed by atoms with Crippen LogP contribution in [0.5, 0.6) is 0 Å². The molecule has 0 aliphatic carbocycles. The molecule has 0 bridgehead atoms. The van der Waals surface area contributed by atoms with E-state index >= 15 is 0 Å². The van der Waals surface area contributed by atoms with Crippen molar-refractivity contribution in [1.29, 1.82) is 5.41 Å². The number of hydrogen-bond donors (Lipinski definition) is 3. The van der Waals surface area contributed by atoms with Crippen LogP contribution in [0.15, 0.2) is 232 Å². The molecule has 1 aliphatic rings. The average molecular weight is 1930 g/mol. The molecule has 0 unspecified atom stereocenters. The van der Waals surface area contributed by atoms with E-state index in [1.807, 2.05) is 172 Å². The molecule has 11 heterocycles. The minimum absolute atomic E-state index is 0. The number of anilines is 1. The summed E-state index contributed by atoms with van der Waals surface area (Å²) >= 11 is 12.3. The van der Waals surface area contributed by atoms with E-state index < -0.39 is 40.4 Å². The Balaban J connectivity index is 0.000000208. The first-order valence-electron chi connectivity index (χ1n) is 42.6. The Kier molecular flexibility index (Phi) is 40.4. The number of nitrogens with two attached hydrogens (primary N) is 1. The molecule has 4 N–H and O–H groups in total. The first-order valence-corrected chi connectivity index (χ1v) is 63.3. The van der Waals surface area contributed by atoms with E-state index in [1.54, 1.807) is 0 Å². The van der Waals surface area contributed by atoms with Gasteiger partial charge in [-0.05, 0) is 162 Å². The van der Waals surface area contributed by atoms with Crippen LogP contribution in [-0.2, 0) is 57.2 Å². The molecule has 0 saturated carbocycles. The minimum atomic E-state index is -1.09. The Morgan fingerprint density at radius 2 is 0.776 bits per heavy atom. The Morgan fingerprint density at radius 1 is 0.432 bits per heavy atom. The minimum Gasteiger partial charge on any atom is -1.00 e. The maximum atomic E-state index is 7.97. The number of alkyl halides is 1. The fraction of sp³-hybridized carbons (Fsp3) is 0.361. The van der Waals surface area contributed by atoms with E-state index in [0.717, 1.165) is 166 Å². The summed E-state index contributed by atoms with van der Waals surface area (Å²) in [5.74, 6) is 0. The van der Waals surface area contributed by atoms with Gasteiger partial charge in [-0.25, -0.2) is 29.9 Å². The number of aromatic amines is 1. The molecule has 125 heavy (non-hydrogen) atoms. The zero-order valence-corrected chi connectivity index (χ0v) is 88.2. The number of rotatable bonds is 29. The summed E-state index contributed by atoms with van der Waals surface area (Å²) in [4.78, 5) is 35.4. The fourth-order valence-electron chi connectivity index (χ4n) is 12.4. The number of H-pyrrole nitrogens is 1. The van der Waals surface area contributed by atoms with Crippen molar-refractivity contribution in [2.75, 3.05) is 44.8 Å². The molecule has 0 spiro atoms. The molecule has 0 fully saturated rings. The van der Waals surface area contributed by atoms with Crippen molar-refractivity contribution < 1.29 is 54.7 Å². The number of halogens is 3. The summed E-state index contributed by atoms with van der Waals surface area (Å²) in [6, 6.07) is 67.2. The van der Waals surface area contributed by atoms with Gasteiger partial charge in [0.25, 0.3) is 0 Å². The van der Waals surface area contributed by atoms with Crippen molar-refractivity contribution in [2.45, 2.75) is 190 Å². The normalized spacial score (nSPS) is 11.9. The Bertz CT molecular complexity index is 5550. The van der Waals surface area contributed by atoms with Crippen LogP contribution in [0.3, 0.4) is 0 Å². The summed E-state index contributed by atoms with van der Waals surface area (Å²) in [5, 5.41) is 13.6. The maximum Gasteiger partial charge on any atom is 1.00 e. The number of benzene rings is 4. The number of ether oxygens (including phenoxy) is 5. The molecule has 19 nitrogen and oxygen atoms in total. The number of fused-ring (bicyclic) bond motifs is 6. The molecular formula is C97H130Br2ClN14NaO5Si5. The van der Waals surface area contributed by atoms with Crippen LogP contribution in [0.4, 0.5) is 11.4 Å². The first kappa shape index (κ1) is 103. The van der Waals surface area contributed by atoms with Gasteiger partial charge in [-0.15, -0.1) is 0 Å². The van der Waals surface area contributed by atoms with Crippen LogP contribution in [0, 0.1) is 33.1 Å². The standard InChI is InChI=1S/C27H31N3OSi.C15H21N3OSi.C14H21BrN2OSi.C14H23N3OSi.C13H11N.C8H7BrN2.C6H15ClOSi.Na.H/c1-21-25(29-26(22-11-7-5-8-12-22)23-13-9-6-10-14-23)19-24-15-16-30(27(24)28-21)20-31-17-18-32(2,3)4;1-20(2,3)7-6-19-11-18-5-4-12-8-13-9-16-10-14(13)17-15(12)18;2*1-11-13(15)9-12-5-6-17(14(12)16-11)10-18-7-8-19(2,3)4;14-13(11-7-3-1-4-8-11)12-9-5-2-6-10-12;1-5-7(9)4-6-2-3-10-8(6)11-5;1-9(2,3)5-4-8-6-7;;/h5-16,19H,17-18,20H2,1-4H3;4-5,8,10H,6-7,9,11H2,1-3H3;5-6,9H,7-8,10H2,1-4H3;5-6,9H,7-8,10,15H2,1-4H3;1-10,14H;2-4H,1H3,(H,10,11);4-6H2,1-3H3;;/q;;;;;;;+1;-1. The van der Waals surface area contributed by atoms with E-state index in [2.05, 4.69) is 253 Å². The smallest absolute Gasteiger partial charge is 1.00 e. The van der Waals surface area contributed by atoms with Gasteiger partial charge in [-0.3, -0.25) is 10.4 Å². The van der Waals surface area contributed by atoms with Gasteiger partial charge >= 0.3 is 29.6 Å². The predicted molar refractivity (Wildman–Crippen MR) is 544 cm³/mol. The van der Waals surface area contributed by atoms with Gasteiger partial charge in [0.2, 0.25) is 0 Å². The van der Waals surface area contributed by atoms with Crippen molar-refractivity contribution in [1.82, 2.24) is 48.2 Å². The number of nitrogens with one attached hydrogen (secondary N) is 2. The van der Waals surface area contributed by atoms with Crippen molar-refractivity contribution in [3.8, 4) is 0 Å². The Morgan fingerprint density at radius 3 is 1.18 bits per heavy atom. The molecule has 0 atom stereocenters. The summed E-state index contributed by atoms with van der Waals surface area (Å²) in [5.41, 5.74) is 23.9. The summed E-state index contributed by atoms with van der Waals surface area (Å²) < 4.78 is 38.7. The van der Waals surface area contributed by atoms with Gasteiger partial charge in [0, 0.05) is 163 Å². The largest absolute Gasteiger partial charge is 1.00 e. The second-order valence-corrected chi connectivity index (χ2v) is 67.1. The van der Waals surface area contributed by atoms with Crippen molar-refractivity contribution in [2.24, 2.45) is 9.98 Å². The van der Waals surface area contributed by atoms with E-state index in [-0.39, 0.29) is 31.0 Å². The summed E-state index contributed by atoms with van der Waals surface area (Å²) in [6.45, 7) is 50.4. The number of hydrogen-bond acceptors (Lipinski definition) is 14. The molecule has 4 aromatic carbocycles. The van der Waals surface area contributed by atoms with Gasteiger partial charge in [0.15, 0.2) is 0 Å². The third-order valence-corrected chi connectivity index (χ3v) is 30.4.